The number of carbonyl (C=O) groups excluding carboxylic acids is 1. The highest BCUT2D eigenvalue weighted by molar-refractivity contribution is 7.89. The van der Waals surface area contributed by atoms with Gasteiger partial charge in [-0.2, -0.15) is 0 Å². The van der Waals surface area contributed by atoms with Crippen molar-refractivity contribution in [3.63, 3.8) is 0 Å². The Bertz CT molecular complexity index is 826. The van der Waals surface area contributed by atoms with Gasteiger partial charge in [0.2, 0.25) is 10.0 Å². The Morgan fingerprint density at radius 3 is 2.33 bits per heavy atom. The van der Waals surface area contributed by atoms with Crippen molar-refractivity contribution in [2.45, 2.75) is 50.5 Å². The molecule has 1 aromatic carbocycles. The molecule has 2 unspecified atom stereocenters. The number of amides is 1. The molecule has 1 aromatic rings. The van der Waals surface area contributed by atoms with Gasteiger partial charge < -0.3 is 10.0 Å². The van der Waals surface area contributed by atoms with Crippen molar-refractivity contribution in [1.29, 1.82) is 0 Å². The molecule has 27 heavy (non-hydrogen) atoms. The van der Waals surface area contributed by atoms with Crippen molar-refractivity contribution in [3.8, 4) is 0 Å². The lowest BCUT2D eigenvalue weighted by molar-refractivity contribution is -0.139. The molecule has 1 amide bonds. The van der Waals surface area contributed by atoms with Gasteiger partial charge in [-0.15, -0.1) is 0 Å². The Balaban J connectivity index is 1.63. The molecule has 1 aliphatic heterocycles. The number of sulfonamides is 1. The van der Waals surface area contributed by atoms with Crippen LogP contribution in [-0.2, 0) is 14.8 Å². The number of hydrogen-bond donors (Lipinski definition) is 2. The van der Waals surface area contributed by atoms with Crippen molar-refractivity contribution in [3.05, 3.63) is 29.8 Å². The summed E-state index contributed by atoms with van der Waals surface area (Å²) in [6, 6.07) is 5.81. The van der Waals surface area contributed by atoms with E-state index in [1.807, 2.05) is 6.92 Å². The minimum absolute atomic E-state index is 0.123. The Hall–Kier alpha value is -1.93. The number of rotatable bonds is 6. The topological polar surface area (TPSA) is 104 Å². The Kier molecular flexibility index (Phi) is 5.31. The first kappa shape index (κ1) is 19.8. The van der Waals surface area contributed by atoms with Crippen LogP contribution >= 0.6 is 0 Å². The van der Waals surface area contributed by atoms with Crippen LogP contribution in [0.4, 0.5) is 0 Å². The van der Waals surface area contributed by atoms with E-state index >= 15 is 0 Å². The van der Waals surface area contributed by atoms with Gasteiger partial charge in [0.15, 0.2) is 0 Å². The van der Waals surface area contributed by atoms with Crippen molar-refractivity contribution >= 4 is 21.9 Å². The molecule has 1 saturated heterocycles. The number of carboxylic acids is 1. The van der Waals surface area contributed by atoms with E-state index in [-0.39, 0.29) is 28.2 Å². The number of aliphatic carboxylic acids is 1. The average molecular weight is 394 g/mol. The van der Waals surface area contributed by atoms with E-state index in [2.05, 4.69) is 4.72 Å². The maximum Gasteiger partial charge on any atom is 0.307 e. The number of nitrogens with one attached hydrogen (secondary N) is 1. The third-order valence-electron chi connectivity index (χ3n) is 5.91. The molecular weight excluding hydrogens is 368 g/mol. The van der Waals surface area contributed by atoms with E-state index in [0.717, 1.165) is 0 Å². The monoisotopic (exact) mass is 394 g/mol. The first-order chi connectivity index (χ1) is 12.7. The predicted molar refractivity (Wildman–Crippen MR) is 99.8 cm³/mol. The molecule has 1 heterocycles. The normalized spacial score (nSPS) is 22.4. The maximum atomic E-state index is 12.7. The first-order valence-corrected chi connectivity index (χ1v) is 10.8. The van der Waals surface area contributed by atoms with Gasteiger partial charge in [-0.1, -0.05) is 6.92 Å². The van der Waals surface area contributed by atoms with E-state index in [4.69, 9.17) is 5.11 Å². The van der Waals surface area contributed by atoms with Crippen LogP contribution in [0.25, 0.3) is 0 Å². The van der Waals surface area contributed by atoms with Gasteiger partial charge in [0.25, 0.3) is 5.91 Å². The lowest BCUT2D eigenvalue weighted by atomic mass is 9.90. The second kappa shape index (κ2) is 7.24. The van der Waals surface area contributed by atoms with Crippen LogP contribution in [-0.4, -0.2) is 49.4 Å². The second-order valence-electron chi connectivity index (χ2n) is 7.70. The molecule has 2 N–H and O–H groups in total. The van der Waals surface area contributed by atoms with E-state index in [1.54, 1.807) is 11.8 Å². The molecule has 2 aliphatic rings. The maximum absolute atomic E-state index is 12.7. The number of likely N-dealkylation sites (tertiary alicyclic amines) is 1. The van der Waals surface area contributed by atoms with Crippen LogP contribution in [0.1, 0.15) is 49.9 Å². The lowest BCUT2D eigenvalue weighted by Gasteiger charge is -2.32. The molecule has 8 heteroatoms. The zero-order valence-corrected chi connectivity index (χ0v) is 16.5. The Morgan fingerprint density at radius 2 is 1.85 bits per heavy atom. The zero-order valence-electron chi connectivity index (χ0n) is 15.6. The third kappa shape index (κ3) is 4.01. The van der Waals surface area contributed by atoms with Gasteiger partial charge >= 0.3 is 5.97 Å². The summed E-state index contributed by atoms with van der Waals surface area (Å²) in [6.45, 7) is 4.78. The summed E-state index contributed by atoms with van der Waals surface area (Å²) in [5, 5.41) is 9.15. The van der Waals surface area contributed by atoms with E-state index in [0.29, 0.717) is 44.3 Å². The third-order valence-corrected chi connectivity index (χ3v) is 7.52. The predicted octanol–water partition coefficient (Wildman–Crippen LogP) is 2.09. The van der Waals surface area contributed by atoms with Crippen LogP contribution in [0.15, 0.2) is 29.2 Å². The number of piperidine rings is 1. The van der Waals surface area contributed by atoms with E-state index < -0.39 is 16.0 Å². The van der Waals surface area contributed by atoms with Gasteiger partial charge in [0, 0.05) is 24.7 Å². The second-order valence-corrected chi connectivity index (χ2v) is 9.42. The molecule has 7 nitrogen and oxygen atoms in total. The quantitative estimate of drug-likeness (QED) is 0.769. The molecule has 1 spiro atoms. The summed E-state index contributed by atoms with van der Waals surface area (Å²) < 4.78 is 27.2. The summed E-state index contributed by atoms with van der Waals surface area (Å²) in [5.74, 6) is -1.15. The Morgan fingerprint density at radius 1 is 1.26 bits per heavy atom. The van der Waals surface area contributed by atoms with Crippen LogP contribution in [0.2, 0.25) is 0 Å². The summed E-state index contributed by atoms with van der Waals surface area (Å²) >= 11 is 0. The number of nitrogens with zero attached hydrogens (tertiary/aromatic N) is 1. The molecule has 2 fully saturated rings. The lowest BCUT2D eigenvalue weighted by Crippen LogP contribution is -2.40. The highest BCUT2D eigenvalue weighted by atomic mass is 32.2. The number of benzene rings is 1. The molecule has 148 valence electrons. The van der Waals surface area contributed by atoms with E-state index in [1.165, 1.54) is 24.3 Å². The van der Waals surface area contributed by atoms with Crippen LogP contribution in [0.3, 0.4) is 0 Å². The number of carboxylic acid groups (broad SMARTS) is 1. The molecule has 0 aromatic heterocycles. The highest BCUT2D eigenvalue weighted by Crippen LogP contribution is 2.59. The standard InChI is InChI=1S/C19H26N2O5S/c1-3-13(2)20-27(25,26)15-6-4-14(5-7-15)17(22)21-10-8-19(9-11-21)12-16(19)18(23)24/h4-7,13,16,20H,3,8-12H2,1-2H3,(H,23,24). The summed E-state index contributed by atoms with van der Waals surface area (Å²) in [6.07, 6.45) is 2.82. The van der Waals surface area contributed by atoms with Gasteiger partial charge in [-0.3, -0.25) is 9.59 Å². The summed E-state index contributed by atoms with van der Waals surface area (Å²) in [7, 11) is -3.59. The molecule has 0 radical (unpaired) electrons. The summed E-state index contributed by atoms with van der Waals surface area (Å²) in [5.41, 5.74) is 0.321. The fourth-order valence-electron chi connectivity index (χ4n) is 3.78. The smallest absolute Gasteiger partial charge is 0.307 e. The van der Waals surface area contributed by atoms with Gasteiger partial charge in [-0.25, -0.2) is 13.1 Å². The summed E-state index contributed by atoms with van der Waals surface area (Å²) in [4.78, 5) is 25.7. The van der Waals surface area contributed by atoms with E-state index in [9.17, 15) is 18.0 Å². The SMILES string of the molecule is CCC(C)NS(=O)(=O)c1ccc(C(=O)N2CCC3(CC2)CC3C(=O)O)cc1. The largest absolute Gasteiger partial charge is 0.481 e. The van der Waals surface area contributed by atoms with Crippen molar-refractivity contribution in [2.24, 2.45) is 11.3 Å². The number of hydrogen-bond acceptors (Lipinski definition) is 4. The van der Waals surface area contributed by atoms with Gasteiger partial charge in [-0.05, 0) is 62.3 Å². The molecule has 1 saturated carbocycles. The molecule has 2 atom stereocenters. The van der Waals surface area contributed by atoms with Gasteiger partial charge in [0.05, 0.1) is 10.8 Å². The fourth-order valence-corrected chi connectivity index (χ4v) is 5.11. The zero-order chi connectivity index (χ0) is 19.8. The van der Waals surface area contributed by atoms with Crippen molar-refractivity contribution in [1.82, 2.24) is 9.62 Å². The van der Waals surface area contributed by atoms with Crippen molar-refractivity contribution < 1.29 is 23.1 Å². The molecule has 3 rings (SSSR count). The first-order valence-electron chi connectivity index (χ1n) is 9.33. The average Bonchev–Trinajstić information content (AvgIpc) is 3.35. The minimum atomic E-state index is -3.59. The molecular formula is C19H26N2O5S. The van der Waals surface area contributed by atoms with Crippen molar-refractivity contribution in [2.75, 3.05) is 13.1 Å². The van der Waals surface area contributed by atoms with Gasteiger partial charge in [0.1, 0.15) is 0 Å². The number of carbonyl (C=O) groups is 2. The fraction of sp³-hybridized carbons (Fsp3) is 0.579. The van der Waals surface area contributed by atoms with Crippen LogP contribution < -0.4 is 4.72 Å². The highest BCUT2D eigenvalue weighted by Gasteiger charge is 2.59. The Labute approximate surface area is 159 Å². The molecule has 0 bridgehead atoms. The minimum Gasteiger partial charge on any atom is -0.481 e. The van der Waals surface area contributed by atoms with Crippen LogP contribution in [0.5, 0.6) is 0 Å². The van der Waals surface area contributed by atoms with Crippen LogP contribution in [0, 0.1) is 11.3 Å². The molecule has 1 aliphatic carbocycles.